The van der Waals surface area contributed by atoms with Crippen molar-refractivity contribution in [1.29, 1.82) is 0 Å². The second-order valence-corrected chi connectivity index (χ2v) is 5.92. The highest BCUT2D eigenvalue weighted by molar-refractivity contribution is 5.57. The fourth-order valence-corrected chi connectivity index (χ4v) is 2.97. The van der Waals surface area contributed by atoms with Crippen LogP contribution in [0, 0.1) is 16.0 Å². The van der Waals surface area contributed by atoms with Crippen LogP contribution in [-0.2, 0) is 9.47 Å². The molecule has 1 aromatic rings. The van der Waals surface area contributed by atoms with E-state index in [0.717, 1.165) is 0 Å². The Bertz CT molecular complexity index is 590. The zero-order chi connectivity index (χ0) is 19.9. The molecule has 1 rings (SSSR count). The Morgan fingerprint density at radius 2 is 1.81 bits per heavy atom. The van der Waals surface area contributed by atoms with Crippen LogP contribution >= 0.6 is 0 Å². The van der Waals surface area contributed by atoms with E-state index in [1.807, 2.05) is 6.92 Å². The Balaban J connectivity index is 3.26. The first kappa shape index (κ1) is 22.1. The molecule has 0 bridgehead atoms. The molecule has 0 aliphatic carbocycles. The van der Waals surface area contributed by atoms with Gasteiger partial charge in [0.15, 0.2) is 0 Å². The van der Waals surface area contributed by atoms with Gasteiger partial charge in [-0.15, -0.1) is 0 Å². The van der Waals surface area contributed by atoms with Crippen molar-refractivity contribution < 1.29 is 34.1 Å². The molecule has 0 saturated carbocycles. The van der Waals surface area contributed by atoms with E-state index in [4.69, 9.17) is 18.9 Å². The average Bonchev–Trinajstić information content (AvgIpc) is 2.62. The second kappa shape index (κ2) is 10.3. The van der Waals surface area contributed by atoms with Gasteiger partial charge in [-0.25, -0.2) is 0 Å². The van der Waals surface area contributed by atoms with Crippen molar-refractivity contribution in [2.75, 3.05) is 35.0 Å². The molecule has 1 aromatic carbocycles. The summed E-state index contributed by atoms with van der Waals surface area (Å²) in [6.07, 6.45) is -2.02. The topological polar surface area (TPSA) is 121 Å². The van der Waals surface area contributed by atoms with E-state index >= 15 is 0 Å². The third-order valence-electron chi connectivity index (χ3n) is 4.31. The standard InChI is InChI=1S/C17H27NO8/c1-10(6-14(20)15(9-19)24-3)16(25-4)12-7-11(23-2)8-13(18(21)22)17(12)26-5/h7-8,10,14-16,19-20H,6,9H2,1-5H3/t10-,14?,15+,16+/m0/s1. The fraction of sp³-hybridized carbons (Fsp3) is 0.647. The fourth-order valence-electron chi connectivity index (χ4n) is 2.97. The first-order chi connectivity index (χ1) is 12.3. The Labute approximate surface area is 152 Å². The highest BCUT2D eigenvalue weighted by atomic mass is 16.6. The number of rotatable bonds is 11. The van der Waals surface area contributed by atoms with E-state index in [0.29, 0.717) is 11.3 Å². The number of hydrogen-bond donors (Lipinski definition) is 2. The van der Waals surface area contributed by atoms with Crippen LogP contribution in [0.4, 0.5) is 5.69 Å². The number of nitro groups is 1. The molecule has 0 amide bonds. The van der Waals surface area contributed by atoms with Crippen molar-refractivity contribution >= 4 is 5.69 Å². The Morgan fingerprint density at radius 1 is 1.15 bits per heavy atom. The molecule has 0 aliphatic heterocycles. The number of methoxy groups -OCH3 is 4. The molecule has 4 atom stereocenters. The quantitative estimate of drug-likeness (QED) is 0.444. The molecule has 0 saturated heterocycles. The summed E-state index contributed by atoms with van der Waals surface area (Å²) in [5, 5.41) is 30.8. The van der Waals surface area contributed by atoms with Crippen LogP contribution in [0.5, 0.6) is 11.5 Å². The summed E-state index contributed by atoms with van der Waals surface area (Å²) in [5.41, 5.74) is 0.209. The summed E-state index contributed by atoms with van der Waals surface area (Å²) in [5.74, 6) is 0.113. The van der Waals surface area contributed by atoms with Gasteiger partial charge in [-0.1, -0.05) is 6.92 Å². The molecule has 9 heteroatoms. The molecule has 0 spiro atoms. The van der Waals surface area contributed by atoms with E-state index in [1.54, 1.807) is 6.07 Å². The monoisotopic (exact) mass is 373 g/mol. The predicted octanol–water partition coefficient (Wildman–Crippen LogP) is 1.69. The lowest BCUT2D eigenvalue weighted by molar-refractivity contribution is -0.385. The van der Waals surface area contributed by atoms with Crippen LogP contribution in [0.1, 0.15) is 25.0 Å². The van der Waals surface area contributed by atoms with Crippen LogP contribution in [-0.4, -0.2) is 62.4 Å². The van der Waals surface area contributed by atoms with Crippen molar-refractivity contribution in [3.05, 3.63) is 27.8 Å². The summed E-state index contributed by atoms with van der Waals surface area (Å²) >= 11 is 0. The second-order valence-electron chi connectivity index (χ2n) is 5.92. The lowest BCUT2D eigenvalue weighted by atomic mass is 9.89. The van der Waals surface area contributed by atoms with E-state index in [1.165, 1.54) is 34.5 Å². The Morgan fingerprint density at radius 3 is 2.23 bits per heavy atom. The number of hydrogen-bond acceptors (Lipinski definition) is 8. The number of nitro benzene ring substituents is 1. The molecular formula is C17H27NO8. The minimum Gasteiger partial charge on any atom is -0.496 e. The maximum absolute atomic E-state index is 11.4. The zero-order valence-corrected chi connectivity index (χ0v) is 15.7. The molecule has 0 fully saturated rings. The first-order valence-electron chi connectivity index (χ1n) is 8.09. The summed E-state index contributed by atoms with van der Waals surface area (Å²) < 4.78 is 21.0. The number of aliphatic hydroxyl groups excluding tert-OH is 2. The van der Waals surface area contributed by atoms with Crippen LogP contribution in [0.15, 0.2) is 12.1 Å². The lowest BCUT2D eigenvalue weighted by Crippen LogP contribution is -2.34. The van der Waals surface area contributed by atoms with Crippen molar-refractivity contribution in [3.8, 4) is 11.5 Å². The first-order valence-corrected chi connectivity index (χ1v) is 8.09. The summed E-state index contributed by atoms with van der Waals surface area (Å²) in [6, 6.07) is 2.89. The zero-order valence-electron chi connectivity index (χ0n) is 15.7. The molecule has 148 valence electrons. The van der Waals surface area contributed by atoms with Gasteiger partial charge in [0.2, 0.25) is 5.75 Å². The van der Waals surface area contributed by atoms with Crippen LogP contribution in [0.2, 0.25) is 0 Å². The van der Waals surface area contributed by atoms with Crippen molar-refractivity contribution in [1.82, 2.24) is 0 Å². The average molecular weight is 373 g/mol. The summed E-state index contributed by atoms with van der Waals surface area (Å²) in [7, 11) is 5.63. The van der Waals surface area contributed by atoms with E-state index in [-0.39, 0.29) is 30.4 Å². The predicted molar refractivity (Wildman–Crippen MR) is 93.6 cm³/mol. The largest absolute Gasteiger partial charge is 0.496 e. The van der Waals surface area contributed by atoms with Crippen LogP contribution in [0.3, 0.4) is 0 Å². The number of aliphatic hydroxyl groups is 2. The van der Waals surface area contributed by atoms with E-state index in [9.17, 15) is 20.3 Å². The number of nitrogens with zero attached hydrogens (tertiary/aromatic N) is 1. The highest BCUT2D eigenvalue weighted by Crippen LogP contribution is 2.42. The molecule has 0 heterocycles. The minimum absolute atomic E-state index is 0.0782. The van der Waals surface area contributed by atoms with Gasteiger partial charge in [-0.3, -0.25) is 10.1 Å². The molecule has 0 aromatic heterocycles. The summed E-state index contributed by atoms with van der Waals surface area (Å²) in [6.45, 7) is 1.50. The van der Waals surface area contributed by atoms with Crippen LogP contribution in [0.25, 0.3) is 0 Å². The molecule has 2 N–H and O–H groups in total. The van der Waals surface area contributed by atoms with Crippen molar-refractivity contribution in [2.45, 2.75) is 31.7 Å². The van der Waals surface area contributed by atoms with Gasteiger partial charge in [0.05, 0.1) is 44.0 Å². The van der Waals surface area contributed by atoms with Gasteiger partial charge in [0.25, 0.3) is 0 Å². The SMILES string of the molecule is COc1cc([C@H](OC)[C@@H](C)CC(O)[C@@H](CO)OC)c(OC)c([N+](=O)[O-])c1. The number of ether oxygens (including phenoxy) is 4. The van der Waals surface area contributed by atoms with Crippen molar-refractivity contribution in [2.24, 2.45) is 5.92 Å². The highest BCUT2D eigenvalue weighted by Gasteiger charge is 2.31. The van der Waals surface area contributed by atoms with E-state index < -0.39 is 23.2 Å². The van der Waals surface area contributed by atoms with Gasteiger partial charge in [-0.05, 0) is 18.4 Å². The lowest BCUT2D eigenvalue weighted by Gasteiger charge is -2.28. The van der Waals surface area contributed by atoms with Gasteiger partial charge in [0.1, 0.15) is 11.9 Å². The molecule has 0 aliphatic rings. The normalized spacial score (nSPS) is 15.8. The Kier molecular flexibility index (Phi) is 8.73. The van der Waals surface area contributed by atoms with Crippen molar-refractivity contribution in [3.63, 3.8) is 0 Å². The molecule has 0 radical (unpaired) electrons. The van der Waals surface area contributed by atoms with Gasteiger partial charge >= 0.3 is 5.69 Å². The number of benzene rings is 1. The maximum atomic E-state index is 11.4. The third-order valence-corrected chi connectivity index (χ3v) is 4.31. The van der Waals surface area contributed by atoms with E-state index in [2.05, 4.69) is 0 Å². The molecule has 26 heavy (non-hydrogen) atoms. The molecule has 9 nitrogen and oxygen atoms in total. The van der Waals surface area contributed by atoms with Gasteiger partial charge in [0, 0.05) is 19.8 Å². The van der Waals surface area contributed by atoms with Gasteiger partial charge in [-0.2, -0.15) is 0 Å². The van der Waals surface area contributed by atoms with Crippen LogP contribution < -0.4 is 9.47 Å². The van der Waals surface area contributed by atoms with Gasteiger partial charge < -0.3 is 29.2 Å². The molecular weight excluding hydrogens is 346 g/mol. The molecule has 1 unspecified atom stereocenters. The summed E-state index contributed by atoms with van der Waals surface area (Å²) in [4.78, 5) is 10.8. The maximum Gasteiger partial charge on any atom is 0.315 e. The third kappa shape index (κ3) is 5.04. The Hall–Kier alpha value is -1.94. The minimum atomic E-state index is -0.927. The smallest absolute Gasteiger partial charge is 0.315 e.